The molecule has 4 heteroatoms. The topological polar surface area (TPSA) is 41.8 Å². The number of benzene rings is 1. The van der Waals surface area contributed by atoms with Gasteiger partial charge in [0.1, 0.15) is 5.75 Å². The maximum atomic E-state index is 8.92. The van der Waals surface area contributed by atoms with Crippen molar-refractivity contribution in [2.24, 2.45) is 5.16 Å². The van der Waals surface area contributed by atoms with Gasteiger partial charge in [-0.15, -0.1) is 0 Å². The van der Waals surface area contributed by atoms with Gasteiger partial charge in [-0.25, -0.2) is 0 Å². The number of hydrogen-bond donors (Lipinski definition) is 1. The average Bonchev–Trinajstić information content (AvgIpc) is 2.27. The second-order valence-electron chi connectivity index (χ2n) is 3.54. The number of halogens is 1. The van der Waals surface area contributed by atoms with Crippen LogP contribution in [0.25, 0.3) is 0 Å². The van der Waals surface area contributed by atoms with E-state index in [0.29, 0.717) is 0 Å². The van der Waals surface area contributed by atoms with E-state index in [1.807, 2.05) is 12.1 Å². The Kier molecular flexibility index (Phi) is 2.95. The fourth-order valence-electron chi connectivity index (χ4n) is 1.95. The molecule has 80 valence electrons. The number of rotatable bonds is 1. The number of ether oxygens (including phenoxy) is 1. The van der Waals surface area contributed by atoms with Crippen molar-refractivity contribution in [2.75, 3.05) is 7.11 Å². The monoisotopic (exact) mass is 269 g/mol. The number of hydrogen-bond acceptors (Lipinski definition) is 3. The molecular formula is C11H12BrNO2. The molecule has 1 aliphatic carbocycles. The van der Waals surface area contributed by atoms with E-state index in [1.165, 1.54) is 5.56 Å². The summed E-state index contributed by atoms with van der Waals surface area (Å²) >= 11 is 3.48. The summed E-state index contributed by atoms with van der Waals surface area (Å²) in [6, 6.07) is 3.90. The number of oxime groups is 1. The van der Waals surface area contributed by atoms with Gasteiger partial charge in [0.15, 0.2) is 0 Å². The second-order valence-corrected chi connectivity index (χ2v) is 4.40. The van der Waals surface area contributed by atoms with Gasteiger partial charge in [-0.05, 0) is 52.9 Å². The van der Waals surface area contributed by atoms with Crippen LogP contribution in [0.3, 0.4) is 0 Å². The van der Waals surface area contributed by atoms with Crippen molar-refractivity contribution in [1.29, 1.82) is 0 Å². The predicted molar refractivity (Wildman–Crippen MR) is 62.0 cm³/mol. The first-order chi connectivity index (χ1) is 7.26. The molecule has 1 aromatic carbocycles. The molecule has 2 rings (SSSR count). The minimum Gasteiger partial charge on any atom is -0.497 e. The van der Waals surface area contributed by atoms with Crippen LogP contribution in [-0.2, 0) is 6.42 Å². The summed E-state index contributed by atoms with van der Waals surface area (Å²) in [6.45, 7) is 0. The molecule has 0 aromatic heterocycles. The van der Waals surface area contributed by atoms with Crippen molar-refractivity contribution in [3.63, 3.8) is 0 Å². The third-order valence-electron chi connectivity index (χ3n) is 2.65. The van der Waals surface area contributed by atoms with E-state index >= 15 is 0 Å². The van der Waals surface area contributed by atoms with Gasteiger partial charge in [0.25, 0.3) is 0 Å². The van der Waals surface area contributed by atoms with Gasteiger partial charge in [0, 0.05) is 10.0 Å². The molecular weight excluding hydrogens is 258 g/mol. The number of nitrogens with zero attached hydrogens (tertiary/aromatic N) is 1. The molecule has 0 saturated heterocycles. The maximum absolute atomic E-state index is 8.92. The molecule has 1 aliphatic rings. The highest BCUT2D eigenvalue weighted by Crippen LogP contribution is 2.32. The Labute approximate surface area is 96.9 Å². The lowest BCUT2D eigenvalue weighted by molar-refractivity contribution is 0.317. The number of fused-ring (bicyclic) bond motifs is 1. The molecule has 0 bridgehead atoms. The Balaban J connectivity index is 2.58. The summed E-state index contributed by atoms with van der Waals surface area (Å²) in [7, 11) is 1.65. The first kappa shape index (κ1) is 10.5. The molecule has 3 nitrogen and oxygen atoms in total. The molecule has 0 fully saturated rings. The number of methoxy groups -OCH3 is 1. The minimum absolute atomic E-state index is 0.755. The second kappa shape index (κ2) is 4.23. The van der Waals surface area contributed by atoms with Crippen LogP contribution in [0.2, 0.25) is 0 Å². The molecule has 0 heterocycles. The molecule has 0 radical (unpaired) electrons. The van der Waals surface area contributed by atoms with Crippen LogP contribution in [0.1, 0.15) is 24.0 Å². The van der Waals surface area contributed by atoms with Gasteiger partial charge in [-0.3, -0.25) is 0 Å². The molecule has 1 aromatic rings. The molecule has 0 saturated carbocycles. The highest BCUT2D eigenvalue weighted by atomic mass is 79.9. The Morgan fingerprint density at radius 1 is 1.40 bits per heavy atom. The third kappa shape index (κ3) is 1.86. The van der Waals surface area contributed by atoms with Gasteiger partial charge in [0.2, 0.25) is 0 Å². The summed E-state index contributed by atoms with van der Waals surface area (Å²) in [5.74, 6) is 0.833. The van der Waals surface area contributed by atoms with Crippen LogP contribution >= 0.6 is 15.9 Å². The van der Waals surface area contributed by atoms with Gasteiger partial charge in [0.05, 0.1) is 12.8 Å². The number of aryl methyl sites for hydroxylation is 1. The van der Waals surface area contributed by atoms with E-state index in [0.717, 1.165) is 40.8 Å². The van der Waals surface area contributed by atoms with Crippen molar-refractivity contribution in [1.82, 2.24) is 0 Å². The predicted octanol–water partition coefficient (Wildman–Crippen LogP) is 2.97. The largest absolute Gasteiger partial charge is 0.497 e. The van der Waals surface area contributed by atoms with Crippen LogP contribution in [-0.4, -0.2) is 18.0 Å². The van der Waals surface area contributed by atoms with Crippen molar-refractivity contribution in [2.45, 2.75) is 19.3 Å². The van der Waals surface area contributed by atoms with Crippen LogP contribution in [0, 0.1) is 0 Å². The van der Waals surface area contributed by atoms with Gasteiger partial charge in [-0.1, -0.05) is 5.16 Å². The molecule has 0 unspecified atom stereocenters. The van der Waals surface area contributed by atoms with Crippen molar-refractivity contribution >= 4 is 21.6 Å². The van der Waals surface area contributed by atoms with Crippen LogP contribution in [0.4, 0.5) is 0 Å². The lowest BCUT2D eigenvalue weighted by atomic mass is 9.90. The van der Waals surface area contributed by atoms with E-state index in [-0.39, 0.29) is 0 Å². The third-order valence-corrected chi connectivity index (χ3v) is 3.28. The lowest BCUT2D eigenvalue weighted by Gasteiger charge is -2.19. The summed E-state index contributed by atoms with van der Waals surface area (Å²) in [5.41, 5.74) is 2.95. The molecule has 15 heavy (non-hydrogen) atoms. The van der Waals surface area contributed by atoms with Crippen LogP contribution in [0.5, 0.6) is 5.75 Å². The molecule has 0 amide bonds. The van der Waals surface area contributed by atoms with Gasteiger partial charge >= 0.3 is 0 Å². The van der Waals surface area contributed by atoms with E-state index in [9.17, 15) is 0 Å². The zero-order chi connectivity index (χ0) is 10.8. The first-order valence-electron chi connectivity index (χ1n) is 4.84. The Morgan fingerprint density at radius 3 is 2.87 bits per heavy atom. The Bertz CT molecular complexity index is 415. The maximum Gasteiger partial charge on any atom is 0.120 e. The molecule has 0 atom stereocenters. The fraction of sp³-hybridized carbons (Fsp3) is 0.364. The molecule has 0 spiro atoms. The van der Waals surface area contributed by atoms with E-state index in [4.69, 9.17) is 9.94 Å². The minimum atomic E-state index is 0.755. The van der Waals surface area contributed by atoms with Crippen molar-refractivity contribution in [3.8, 4) is 5.75 Å². The SMILES string of the molecule is COc1cc(Br)c2c(c1)CCCC2=NO. The standard InChI is InChI=1S/C11H12BrNO2/c1-15-8-5-7-3-2-4-10(13-14)11(7)9(12)6-8/h5-6,14H,2-4H2,1H3. The normalized spacial score (nSPS) is 17.6. The van der Waals surface area contributed by atoms with Crippen LogP contribution in [0.15, 0.2) is 21.8 Å². The lowest BCUT2D eigenvalue weighted by Crippen LogP contribution is -2.13. The van der Waals surface area contributed by atoms with Crippen molar-refractivity contribution in [3.05, 3.63) is 27.7 Å². The first-order valence-corrected chi connectivity index (χ1v) is 5.63. The van der Waals surface area contributed by atoms with E-state index < -0.39 is 0 Å². The zero-order valence-electron chi connectivity index (χ0n) is 8.46. The van der Waals surface area contributed by atoms with Crippen LogP contribution < -0.4 is 4.74 Å². The highest BCUT2D eigenvalue weighted by Gasteiger charge is 2.19. The molecule has 0 aliphatic heterocycles. The quantitative estimate of drug-likeness (QED) is 0.629. The molecule has 1 N–H and O–H groups in total. The smallest absolute Gasteiger partial charge is 0.120 e. The van der Waals surface area contributed by atoms with E-state index in [1.54, 1.807) is 7.11 Å². The highest BCUT2D eigenvalue weighted by molar-refractivity contribution is 9.10. The van der Waals surface area contributed by atoms with E-state index in [2.05, 4.69) is 21.1 Å². The zero-order valence-corrected chi connectivity index (χ0v) is 10.0. The Morgan fingerprint density at radius 2 is 2.20 bits per heavy atom. The summed E-state index contributed by atoms with van der Waals surface area (Å²) in [4.78, 5) is 0. The Hall–Kier alpha value is -1.03. The summed E-state index contributed by atoms with van der Waals surface area (Å²) in [5, 5.41) is 12.3. The van der Waals surface area contributed by atoms with Crippen molar-refractivity contribution < 1.29 is 9.94 Å². The van der Waals surface area contributed by atoms with Gasteiger partial charge < -0.3 is 9.94 Å². The van der Waals surface area contributed by atoms with Gasteiger partial charge in [-0.2, -0.15) is 0 Å². The summed E-state index contributed by atoms with van der Waals surface area (Å²) < 4.78 is 6.13. The summed E-state index contributed by atoms with van der Waals surface area (Å²) in [6.07, 6.45) is 2.85. The average molecular weight is 270 g/mol. The fourth-order valence-corrected chi connectivity index (χ4v) is 2.65.